The number of carboxylic acid groups (broad SMARTS) is 1. The number of allylic oxidation sites excluding steroid dienone is 1. The second-order valence-electron chi connectivity index (χ2n) is 6.33. The Kier molecular flexibility index (Phi) is 6.02. The maximum Gasteiger partial charge on any atom is 0.346 e. The molecular formula is C19H17F2N3O4S. The van der Waals surface area contributed by atoms with Gasteiger partial charge >= 0.3 is 11.7 Å². The number of hydrogen-bond acceptors (Lipinski definition) is 5. The Morgan fingerprint density at radius 1 is 1.28 bits per heavy atom. The van der Waals surface area contributed by atoms with Gasteiger partial charge in [-0.3, -0.25) is 18.9 Å². The normalized spacial score (nSPS) is 11.0. The number of nitrogens with zero attached hydrogens (tertiary/aromatic N) is 3. The van der Waals surface area contributed by atoms with Crippen LogP contribution < -0.4 is 11.2 Å². The summed E-state index contributed by atoms with van der Waals surface area (Å²) in [5.41, 5.74) is -0.157. The van der Waals surface area contributed by atoms with Crippen molar-refractivity contribution in [1.82, 2.24) is 14.1 Å². The van der Waals surface area contributed by atoms with E-state index in [4.69, 9.17) is 0 Å². The van der Waals surface area contributed by atoms with Crippen molar-refractivity contribution in [2.75, 3.05) is 0 Å². The van der Waals surface area contributed by atoms with Crippen molar-refractivity contribution in [3.63, 3.8) is 0 Å². The standard InChI is InChI=1S/C19H17F2N3O4S/c1-11-14-16(25)23(9-6-12-4-2-7-22-10-12)19(28)24(8-3-5-13(20)21)17(14)29-15(11)18(26)27/h2,4-5,7,10H,3,6,8-9H2,1H3,(H,26,27). The lowest BCUT2D eigenvalue weighted by atomic mass is 10.2. The number of aromatic carboxylic acids is 1. The maximum atomic E-state index is 13.0. The number of hydrogen-bond donors (Lipinski definition) is 1. The highest BCUT2D eigenvalue weighted by atomic mass is 32.1. The summed E-state index contributed by atoms with van der Waals surface area (Å²) in [5.74, 6) is -1.21. The summed E-state index contributed by atoms with van der Waals surface area (Å²) < 4.78 is 27.1. The molecule has 3 heterocycles. The van der Waals surface area contributed by atoms with E-state index in [1.54, 1.807) is 18.5 Å². The van der Waals surface area contributed by atoms with Crippen LogP contribution in [0, 0.1) is 6.92 Å². The topological polar surface area (TPSA) is 94.2 Å². The molecule has 0 aromatic carbocycles. The molecule has 0 aliphatic heterocycles. The first-order valence-corrected chi connectivity index (χ1v) is 9.53. The molecule has 152 valence electrons. The van der Waals surface area contributed by atoms with Gasteiger partial charge in [-0.15, -0.1) is 11.3 Å². The molecule has 29 heavy (non-hydrogen) atoms. The Morgan fingerprint density at radius 3 is 2.66 bits per heavy atom. The van der Waals surface area contributed by atoms with Crippen molar-refractivity contribution in [3.8, 4) is 0 Å². The van der Waals surface area contributed by atoms with E-state index in [0.29, 0.717) is 12.5 Å². The number of carbonyl (C=O) groups is 1. The molecule has 10 heteroatoms. The van der Waals surface area contributed by atoms with Crippen LogP contribution in [0.4, 0.5) is 8.78 Å². The minimum atomic E-state index is -1.87. The summed E-state index contributed by atoms with van der Waals surface area (Å²) in [7, 11) is 0. The molecule has 3 rings (SSSR count). The molecule has 0 spiro atoms. The number of rotatable bonds is 7. The van der Waals surface area contributed by atoms with Crippen LogP contribution in [0.5, 0.6) is 0 Å². The van der Waals surface area contributed by atoms with E-state index in [0.717, 1.165) is 21.5 Å². The molecule has 3 aromatic heterocycles. The molecule has 0 saturated heterocycles. The zero-order chi connectivity index (χ0) is 21.1. The molecule has 0 aliphatic rings. The van der Waals surface area contributed by atoms with Crippen LogP contribution in [0.1, 0.15) is 27.2 Å². The van der Waals surface area contributed by atoms with E-state index in [9.17, 15) is 28.3 Å². The molecule has 0 bridgehead atoms. The highest BCUT2D eigenvalue weighted by Gasteiger charge is 2.22. The van der Waals surface area contributed by atoms with Gasteiger partial charge in [0.15, 0.2) is 0 Å². The molecule has 0 radical (unpaired) electrons. The van der Waals surface area contributed by atoms with Gasteiger partial charge in [-0.25, -0.2) is 9.59 Å². The molecule has 0 atom stereocenters. The average Bonchev–Trinajstić information content (AvgIpc) is 3.02. The minimum absolute atomic E-state index is 0.0533. The third kappa shape index (κ3) is 4.16. The fourth-order valence-corrected chi connectivity index (χ4v) is 4.24. The van der Waals surface area contributed by atoms with E-state index in [1.807, 2.05) is 6.07 Å². The van der Waals surface area contributed by atoms with Crippen LogP contribution >= 0.6 is 11.3 Å². The zero-order valence-electron chi connectivity index (χ0n) is 15.4. The van der Waals surface area contributed by atoms with Gasteiger partial charge in [-0.1, -0.05) is 6.07 Å². The molecule has 7 nitrogen and oxygen atoms in total. The summed E-state index contributed by atoms with van der Waals surface area (Å²) in [6.45, 7) is 1.47. The third-order valence-corrected chi connectivity index (χ3v) is 5.79. The predicted octanol–water partition coefficient (Wildman–Crippen LogP) is 3.04. The van der Waals surface area contributed by atoms with Crippen LogP contribution in [0.25, 0.3) is 10.2 Å². The van der Waals surface area contributed by atoms with Gasteiger partial charge in [0.1, 0.15) is 9.71 Å². The van der Waals surface area contributed by atoms with Crippen molar-refractivity contribution < 1.29 is 18.7 Å². The lowest BCUT2D eigenvalue weighted by Crippen LogP contribution is -2.40. The number of pyridine rings is 1. The van der Waals surface area contributed by atoms with Gasteiger partial charge in [0.2, 0.25) is 0 Å². The molecule has 0 saturated carbocycles. The van der Waals surface area contributed by atoms with Gasteiger partial charge in [-0.2, -0.15) is 8.78 Å². The first kappa shape index (κ1) is 20.6. The number of fused-ring (bicyclic) bond motifs is 1. The molecule has 0 aliphatic carbocycles. The largest absolute Gasteiger partial charge is 0.477 e. The van der Waals surface area contributed by atoms with E-state index in [1.165, 1.54) is 11.5 Å². The SMILES string of the molecule is Cc1c(C(=O)O)sc2c1c(=O)n(CCc1cccnc1)c(=O)n2CCC=C(F)F. The van der Waals surface area contributed by atoms with Crippen molar-refractivity contribution in [2.45, 2.75) is 32.9 Å². The first-order chi connectivity index (χ1) is 13.8. The highest BCUT2D eigenvalue weighted by molar-refractivity contribution is 7.20. The number of aromatic nitrogens is 3. The predicted molar refractivity (Wildman–Crippen MR) is 105 cm³/mol. The van der Waals surface area contributed by atoms with E-state index >= 15 is 0 Å². The second kappa shape index (κ2) is 8.48. The molecule has 3 aromatic rings. The van der Waals surface area contributed by atoms with Gasteiger partial charge in [-0.05, 0) is 43.0 Å². The van der Waals surface area contributed by atoms with Crippen molar-refractivity contribution in [1.29, 1.82) is 0 Å². The number of aryl methyl sites for hydroxylation is 3. The number of thiophene rings is 1. The van der Waals surface area contributed by atoms with Gasteiger partial charge in [0, 0.05) is 25.5 Å². The minimum Gasteiger partial charge on any atom is -0.477 e. The maximum absolute atomic E-state index is 13.0. The zero-order valence-corrected chi connectivity index (χ0v) is 16.2. The van der Waals surface area contributed by atoms with Crippen LogP contribution in [0.2, 0.25) is 0 Å². The fourth-order valence-electron chi connectivity index (χ4n) is 3.08. The molecule has 0 unspecified atom stereocenters. The van der Waals surface area contributed by atoms with E-state index in [-0.39, 0.29) is 40.2 Å². The second-order valence-corrected chi connectivity index (χ2v) is 7.33. The van der Waals surface area contributed by atoms with Crippen LogP contribution in [-0.2, 0) is 19.5 Å². The Morgan fingerprint density at radius 2 is 2.03 bits per heavy atom. The van der Waals surface area contributed by atoms with E-state index in [2.05, 4.69) is 4.98 Å². The smallest absolute Gasteiger partial charge is 0.346 e. The molecule has 1 N–H and O–H groups in total. The summed E-state index contributed by atoms with van der Waals surface area (Å²) in [6.07, 6.45) is 2.28. The molecule has 0 amide bonds. The van der Waals surface area contributed by atoms with Crippen molar-refractivity contribution in [3.05, 3.63) is 73.5 Å². The number of carboxylic acids is 1. The lowest BCUT2D eigenvalue weighted by molar-refractivity contribution is 0.0701. The van der Waals surface area contributed by atoms with Crippen molar-refractivity contribution in [2.24, 2.45) is 0 Å². The van der Waals surface area contributed by atoms with Crippen molar-refractivity contribution >= 4 is 27.5 Å². The summed E-state index contributed by atoms with van der Waals surface area (Å²) in [4.78, 5) is 41.5. The summed E-state index contributed by atoms with van der Waals surface area (Å²) in [5, 5.41) is 9.51. The Hall–Kier alpha value is -3.14. The Bertz CT molecular complexity index is 1210. The number of halogens is 2. The highest BCUT2D eigenvalue weighted by Crippen LogP contribution is 2.28. The fraction of sp³-hybridized carbons (Fsp3) is 0.263. The monoisotopic (exact) mass is 421 g/mol. The average molecular weight is 421 g/mol. The van der Waals surface area contributed by atoms with Crippen LogP contribution in [0.3, 0.4) is 0 Å². The third-order valence-electron chi connectivity index (χ3n) is 4.49. The van der Waals surface area contributed by atoms with Gasteiger partial charge < -0.3 is 5.11 Å². The Balaban J connectivity index is 2.16. The first-order valence-electron chi connectivity index (χ1n) is 8.71. The van der Waals surface area contributed by atoms with E-state index < -0.39 is 23.3 Å². The quantitative estimate of drug-likeness (QED) is 0.633. The van der Waals surface area contributed by atoms with Gasteiger partial charge in [0.05, 0.1) is 5.39 Å². The lowest BCUT2D eigenvalue weighted by Gasteiger charge is -2.11. The molecular weight excluding hydrogens is 404 g/mol. The molecule has 0 fully saturated rings. The van der Waals surface area contributed by atoms with Gasteiger partial charge in [0.25, 0.3) is 11.6 Å². The summed E-state index contributed by atoms with van der Waals surface area (Å²) >= 11 is 0.801. The summed E-state index contributed by atoms with van der Waals surface area (Å²) in [6, 6.07) is 3.54. The van der Waals surface area contributed by atoms with Crippen LogP contribution in [0.15, 0.2) is 46.3 Å². The Labute approximate surface area is 167 Å². The van der Waals surface area contributed by atoms with Crippen LogP contribution in [-0.4, -0.2) is 25.2 Å².